The number of hydrogen-bond acceptors (Lipinski definition) is 1. The summed E-state index contributed by atoms with van der Waals surface area (Å²) in [7, 11) is 0. The van der Waals surface area contributed by atoms with Crippen molar-refractivity contribution >= 4 is 28.4 Å². The third-order valence-corrected chi connectivity index (χ3v) is 9.62. The number of halogens is 1. The molecule has 1 nitrogen and oxygen atoms in total. The monoisotopic (exact) mass is 431 g/mol. The van der Waals surface area contributed by atoms with Crippen LogP contribution in [0.1, 0.15) is 5.56 Å². The average Bonchev–Trinajstić information content (AvgIpc) is 2.68. The van der Waals surface area contributed by atoms with Crippen LogP contribution in [0, 0.1) is 12.7 Å². The zero-order valence-electron chi connectivity index (χ0n) is 16.8. The molecule has 1 aromatic heterocycles. The summed E-state index contributed by atoms with van der Waals surface area (Å²) in [6, 6.07) is 22.8. The van der Waals surface area contributed by atoms with Crippen LogP contribution >= 0.6 is 0 Å². The predicted octanol–water partition coefficient (Wildman–Crippen LogP) is 6.56. The number of aromatic nitrogens is 1. The van der Waals surface area contributed by atoms with Gasteiger partial charge in [-0.15, -0.1) is 0 Å². The Kier molecular flexibility index (Phi) is 4.84. The molecule has 4 rings (SSSR count). The van der Waals surface area contributed by atoms with Gasteiger partial charge in [0.2, 0.25) is 0 Å². The maximum absolute atomic E-state index is 14.6. The van der Waals surface area contributed by atoms with Crippen molar-refractivity contribution in [3.8, 4) is 22.4 Å². The van der Waals surface area contributed by atoms with Gasteiger partial charge in [-0.2, -0.15) is 0 Å². The van der Waals surface area contributed by atoms with E-state index in [0.717, 1.165) is 16.8 Å². The van der Waals surface area contributed by atoms with Gasteiger partial charge in [-0.3, -0.25) is 0 Å². The Morgan fingerprint density at radius 2 is 1.54 bits per heavy atom. The van der Waals surface area contributed by atoms with Crippen molar-refractivity contribution in [2.45, 2.75) is 24.2 Å². The first-order chi connectivity index (χ1) is 13.3. The second kappa shape index (κ2) is 7.17. The van der Waals surface area contributed by atoms with Gasteiger partial charge in [0, 0.05) is 0 Å². The molecule has 4 aromatic rings. The third-order valence-electron chi connectivity index (χ3n) is 5.28. The van der Waals surface area contributed by atoms with Crippen LogP contribution in [0.25, 0.3) is 33.2 Å². The molecule has 3 aromatic carbocycles. The first-order valence-corrected chi connectivity index (χ1v) is 16.9. The summed E-state index contributed by atoms with van der Waals surface area (Å²) >= 11 is -1.88. The number of rotatable bonds is 3. The first-order valence-electron chi connectivity index (χ1n) is 9.59. The fourth-order valence-electron chi connectivity index (χ4n) is 3.62. The van der Waals surface area contributed by atoms with Crippen LogP contribution in [0.15, 0.2) is 72.9 Å². The predicted molar refractivity (Wildman–Crippen MR) is 120 cm³/mol. The van der Waals surface area contributed by atoms with Gasteiger partial charge in [0.25, 0.3) is 0 Å². The summed E-state index contributed by atoms with van der Waals surface area (Å²) in [5.74, 6) is 6.80. The van der Waals surface area contributed by atoms with Gasteiger partial charge in [0.1, 0.15) is 0 Å². The van der Waals surface area contributed by atoms with Gasteiger partial charge >= 0.3 is 163 Å². The van der Waals surface area contributed by atoms with Crippen LogP contribution in [0.2, 0.25) is 17.3 Å². The van der Waals surface area contributed by atoms with Crippen molar-refractivity contribution in [3.05, 3.63) is 84.3 Å². The Bertz CT molecular complexity index is 1160. The summed E-state index contributed by atoms with van der Waals surface area (Å²) in [6.07, 6.45) is 1.34. The summed E-state index contributed by atoms with van der Waals surface area (Å²) in [6.45, 7) is 2.10. The van der Waals surface area contributed by atoms with E-state index in [-0.39, 0.29) is 5.82 Å². The summed E-state index contributed by atoms with van der Waals surface area (Å²) in [5, 5.41) is 2.41. The zero-order valence-corrected chi connectivity index (χ0v) is 18.9. The number of hydrogen-bond donors (Lipinski definition) is 0. The van der Waals surface area contributed by atoms with Crippen molar-refractivity contribution in [1.29, 1.82) is 0 Å². The van der Waals surface area contributed by atoms with E-state index in [1.54, 1.807) is 0 Å². The molecule has 0 N–H and O–H groups in total. The number of aryl methyl sites for hydroxylation is 1. The Hall–Kier alpha value is -2.46. The van der Waals surface area contributed by atoms with Gasteiger partial charge in [-0.05, 0) is 0 Å². The second-order valence-electron chi connectivity index (χ2n) is 8.39. The topological polar surface area (TPSA) is 12.9 Å². The molecule has 0 saturated carbocycles. The van der Waals surface area contributed by atoms with Gasteiger partial charge in [0.15, 0.2) is 0 Å². The van der Waals surface area contributed by atoms with E-state index in [4.69, 9.17) is 0 Å². The molecule has 1 heterocycles. The van der Waals surface area contributed by atoms with E-state index in [1.165, 1.54) is 26.9 Å². The molecule has 0 aliphatic carbocycles. The molecule has 0 amide bonds. The molecule has 0 unspecified atom stereocenters. The number of fused-ring (bicyclic) bond motifs is 1. The van der Waals surface area contributed by atoms with E-state index < -0.39 is 13.3 Å². The molecule has 0 bridgehead atoms. The molecular weight excluding hydrogens is 406 g/mol. The van der Waals surface area contributed by atoms with Crippen LogP contribution in [0.5, 0.6) is 0 Å². The second-order valence-corrected chi connectivity index (χ2v) is 19.0. The molecule has 28 heavy (non-hydrogen) atoms. The van der Waals surface area contributed by atoms with E-state index in [2.05, 4.69) is 65.6 Å². The Morgan fingerprint density at radius 3 is 2.25 bits per heavy atom. The molecule has 0 saturated heterocycles. The number of pyridine rings is 1. The van der Waals surface area contributed by atoms with Crippen molar-refractivity contribution in [1.82, 2.24) is 4.98 Å². The van der Waals surface area contributed by atoms with Crippen molar-refractivity contribution < 1.29 is 4.39 Å². The van der Waals surface area contributed by atoms with Crippen molar-refractivity contribution in [2.24, 2.45) is 0 Å². The molecule has 0 aliphatic rings. The van der Waals surface area contributed by atoms with Gasteiger partial charge in [-0.25, -0.2) is 0 Å². The third kappa shape index (κ3) is 3.61. The Balaban J connectivity index is 1.80. The number of benzene rings is 3. The SMILES string of the molecule is Cc1cc(-c2cc(-c3cc[c]([Ge]([CH3])([CH3])[CH3])cc3)c(F)cn2)cc2ccccc12. The standard InChI is InChI=1S/C25H24FGeN/c1-17-13-20(14-19-7-5-6-8-22(17)19)25-15-23(24(26)16-28-25)18-9-11-21(12-10-18)27(2,3)4/h5-16H,1-4H3. The van der Waals surface area contributed by atoms with Crippen LogP contribution < -0.4 is 4.40 Å². The summed E-state index contributed by atoms with van der Waals surface area (Å²) in [4.78, 5) is 4.37. The zero-order chi connectivity index (χ0) is 19.9. The average molecular weight is 430 g/mol. The Labute approximate surface area is 168 Å². The van der Waals surface area contributed by atoms with Gasteiger partial charge in [-0.1, -0.05) is 6.07 Å². The van der Waals surface area contributed by atoms with Crippen molar-refractivity contribution in [3.63, 3.8) is 0 Å². The normalized spacial score (nSPS) is 11.8. The quantitative estimate of drug-likeness (QED) is 0.336. The number of nitrogens with zero attached hydrogens (tertiary/aromatic N) is 1. The van der Waals surface area contributed by atoms with Crippen LogP contribution in [-0.4, -0.2) is 18.3 Å². The Morgan fingerprint density at radius 1 is 0.821 bits per heavy atom. The summed E-state index contributed by atoms with van der Waals surface area (Å²) < 4.78 is 16.0. The van der Waals surface area contributed by atoms with Crippen LogP contribution in [0.3, 0.4) is 0 Å². The van der Waals surface area contributed by atoms with Crippen molar-refractivity contribution in [2.75, 3.05) is 0 Å². The maximum atomic E-state index is 14.6. The molecule has 0 atom stereocenters. The van der Waals surface area contributed by atoms with E-state index in [9.17, 15) is 4.39 Å². The first kappa shape index (κ1) is 18.9. The molecular formula is C25H24FGeN. The molecule has 140 valence electrons. The summed E-state index contributed by atoms with van der Waals surface area (Å²) in [5.41, 5.74) is 4.50. The van der Waals surface area contributed by atoms with Gasteiger partial charge in [0.05, 0.1) is 0 Å². The minimum atomic E-state index is -1.88. The van der Waals surface area contributed by atoms with E-state index in [1.807, 2.05) is 30.3 Å². The van der Waals surface area contributed by atoms with Crippen LogP contribution in [-0.2, 0) is 0 Å². The molecule has 0 fully saturated rings. The van der Waals surface area contributed by atoms with Gasteiger partial charge < -0.3 is 0 Å². The molecule has 3 heteroatoms. The fraction of sp³-hybridized carbons (Fsp3) is 0.160. The van der Waals surface area contributed by atoms with E-state index >= 15 is 0 Å². The molecule has 0 radical (unpaired) electrons. The molecule has 0 spiro atoms. The van der Waals surface area contributed by atoms with Crippen LogP contribution in [0.4, 0.5) is 4.39 Å². The fourth-order valence-corrected chi connectivity index (χ4v) is 6.07. The minimum absolute atomic E-state index is 0.286. The molecule has 0 aliphatic heterocycles. The van der Waals surface area contributed by atoms with E-state index in [0.29, 0.717) is 5.56 Å².